The minimum atomic E-state index is -4.38. The number of morpholine rings is 1. The highest BCUT2D eigenvalue weighted by Crippen LogP contribution is 2.28. The second-order valence-corrected chi connectivity index (χ2v) is 3.76. The van der Waals surface area contributed by atoms with Crippen LogP contribution >= 0.6 is 0 Å². The molecule has 6 heteroatoms. The van der Waals surface area contributed by atoms with E-state index in [1.807, 2.05) is 0 Å². The van der Waals surface area contributed by atoms with Gasteiger partial charge >= 0.3 is 6.18 Å². The van der Waals surface area contributed by atoms with Gasteiger partial charge in [0, 0.05) is 13.1 Å². The number of halogens is 3. The van der Waals surface area contributed by atoms with E-state index in [4.69, 9.17) is 9.47 Å². The fourth-order valence-electron chi connectivity index (χ4n) is 1.45. The van der Waals surface area contributed by atoms with Crippen molar-refractivity contribution >= 4 is 0 Å². The normalized spacial score (nSPS) is 25.6. The molecule has 0 spiro atoms. The first-order valence-corrected chi connectivity index (χ1v) is 4.95. The van der Waals surface area contributed by atoms with Crippen LogP contribution in [0.15, 0.2) is 0 Å². The average molecular weight is 227 g/mol. The van der Waals surface area contributed by atoms with E-state index in [0.29, 0.717) is 13.2 Å². The molecule has 0 aromatic heterocycles. The van der Waals surface area contributed by atoms with Gasteiger partial charge in [-0.1, -0.05) is 0 Å². The summed E-state index contributed by atoms with van der Waals surface area (Å²) in [5.41, 5.74) is 0. The van der Waals surface area contributed by atoms with E-state index in [-0.39, 0.29) is 6.54 Å². The second kappa shape index (κ2) is 5.14. The van der Waals surface area contributed by atoms with Gasteiger partial charge in [0.25, 0.3) is 0 Å². The molecule has 0 aromatic rings. The number of rotatable bonds is 3. The lowest BCUT2D eigenvalue weighted by Gasteiger charge is -2.33. The zero-order chi connectivity index (χ0) is 11.5. The summed E-state index contributed by atoms with van der Waals surface area (Å²) >= 11 is 0. The van der Waals surface area contributed by atoms with Crippen LogP contribution in [0, 0.1) is 0 Å². The zero-order valence-corrected chi connectivity index (χ0v) is 8.80. The zero-order valence-electron chi connectivity index (χ0n) is 8.80. The molecule has 0 radical (unpaired) electrons. The lowest BCUT2D eigenvalue weighted by Crippen LogP contribution is -2.52. The fourth-order valence-corrected chi connectivity index (χ4v) is 1.45. The Morgan fingerprint density at radius 2 is 2.07 bits per heavy atom. The van der Waals surface area contributed by atoms with Crippen molar-refractivity contribution in [3.8, 4) is 0 Å². The van der Waals surface area contributed by atoms with Gasteiger partial charge in [0.05, 0.1) is 12.7 Å². The van der Waals surface area contributed by atoms with E-state index in [2.05, 4.69) is 5.32 Å². The quantitative estimate of drug-likeness (QED) is 0.789. The lowest BCUT2D eigenvalue weighted by atomic mass is 10.1. The second-order valence-electron chi connectivity index (χ2n) is 3.76. The van der Waals surface area contributed by atoms with Crippen molar-refractivity contribution in [1.29, 1.82) is 0 Å². The summed E-state index contributed by atoms with van der Waals surface area (Å²) in [4.78, 5) is 0. The van der Waals surface area contributed by atoms with Crippen LogP contribution in [0.3, 0.4) is 0 Å². The molecule has 1 aliphatic heterocycles. The highest BCUT2D eigenvalue weighted by atomic mass is 19.4. The molecule has 0 bridgehead atoms. The van der Waals surface area contributed by atoms with E-state index in [9.17, 15) is 13.2 Å². The van der Waals surface area contributed by atoms with Gasteiger partial charge in [-0.15, -0.1) is 0 Å². The summed E-state index contributed by atoms with van der Waals surface area (Å²) in [6.45, 7) is 4.21. The van der Waals surface area contributed by atoms with Crippen LogP contribution in [0.1, 0.15) is 13.8 Å². The molecule has 1 aliphatic rings. The Labute approximate surface area is 86.9 Å². The summed E-state index contributed by atoms with van der Waals surface area (Å²) < 4.78 is 47.8. The van der Waals surface area contributed by atoms with E-state index in [1.54, 1.807) is 13.8 Å². The Balaban J connectivity index is 2.61. The Kier molecular flexibility index (Phi) is 4.36. The molecular formula is C9H16F3NO2. The predicted octanol–water partition coefficient (Wildman–Crippen LogP) is 1.33. The van der Waals surface area contributed by atoms with E-state index >= 15 is 0 Å². The van der Waals surface area contributed by atoms with Gasteiger partial charge in [0.15, 0.2) is 6.10 Å². The molecule has 1 heterocycles. The molecule has 1 rings (SSSR count). The van der Waals surface area contributed by atoms with Gasteiger partial charge in [0.2, 0.25) is 0 Å². The monoisotopic (exact) mass is 227 g/mol. The van der Waals surface area contributed by atoms with Crippen molar-refractivity contribution in [3.63, 3.8) is 0 Å². The first kappa shape index (κ1) is 12.7. The molecule has 15 heavy (non-hydrogen) atoms. The maximum Gasteiger partial charge on any atom is 0.417 e. The largest absolute Gasteiger partial charge is 0.417 e. The smallest absolute Gasteiger partial charge is 0.372 e. The molecular weight excluding hydrogens is 211 g/mol. The van der Waals surface area contributed by atoms with Crippen LogP contribution in [-0.2, 0) is 9.47 Å². The Bertz CT molecular complexity index is 190. The summed E-state index contributed by atoms with van der Waals surface area (Å²) in [6, 6.07) is 0. The number of hydrogen-bond donors (Lipinski definition) is 1. The van der Waals surface area contributed by atoms with Crippen molar-refractivity contribution in [3.05, 3.63) is 0 Å². The van der Waals surface area contributed by atoms with Crippen LogP contribution in [0.25, 0.3) is 0 Å². The van der Waals surface area contributed by atoms with E-state index < -0.39 is 24.5 Å². The summed E-state index contributed by atoms with van der Waals surface area (Å²) in [7, 11) is 0. The third-order valence-corrected chi connectivity index (χ3v) is 2.04. The van der Waals surface area contributed by atoms with Gasteiger partial charge in [-0.25, -0.2) is 0 Å². The number of hydrogen-bond acceptors (Lipinski definition) is 3. The highest BCUT2D eigenvalue weighted by molar-refractivity contribution is 4.82. The molecule has 0 unspecified atom stereocenters. The minimum Gasteiger partial charge on any atom is -0.372 e. The maximum atomic E-state index is 12.6. The first-order chi connectivity index (χ1) is 6.91. The summed E-state index contributed by atoms with van der Waals surface area (Å²) in [6.07, 6.45) is -7.64. The van der Waals surface area contributed by atoms with Gasteiger partial charge in [-0.05, 0) is 13.8 Å². The standard InChI is InChI=1S/C9H16F3NO2/c1-6(2)15-8(9(10,11)12)7-5-13-3-4-14-7/h6-8,13H,3-5H2,1-2H3/t7-,8-/m0/s1. The molecule has 2 atom stereocenters. The minimum absolute atomic E-state index is 0.177. The summed E-state index contributed by atoms with van der Waals surface area (Å²) in [5, 5.41) is 2.86. The molecule has 1 N–H and O–H groups in total. The molecule has 90 valence electrons. The van der Waals surface area contributed by atoms with Gasteiger partial charge < -0.3 is 14.8 Å². The number of alkyl halides is 3. The Morgan fingerprint density at radius 3 is 2.47 bits per heavy atom. The topological polar surface area (TPSA) is 30.5 Å². The van der Waals surface area contributed by atoms with Crippen molar-refractivity contribution in [2.45, 2.75) is 38.3 Å². The van der Waals surface area contributed by atoms with Crippen molar-refractivity contribution < 1.29 is 22.6 Å². The average Bonchev–Trinajstić information content (AvgIpc) is 2.14. The third kappa shape index (κ3) is 3.96. The fraction of sp³-hybridized carbons (Fsp3) is 1.00. The van der Waals surface area contributed by atoms with Gasteiger partial charge in [-0.2, -0.15) is 13.2 Å². The van der Waals surface area contributed by atoms with Crippen LogP contribution in [0.4, 0.5) is 13.2 Å². The van der Waals surface area contributed by atoms with Crippen LogP contribution in [0.5, 0.6) is 0 Å². The van der Waals surface area contributed by atoms with Crippen LogP contribution < -0.4 is 5.32 Å². The SMILES string of the molecule is CC(C)O[C@@H]([C@@H]1CNCCO1)C(F)(F)F. The van der Waals surface area contributed by atoms with E-state index in [1.165, 1.54) is 0 Å². The molecule has 0 aliphatic carbocycles. The molecule has 3 nitrogen and oxygen atoms in total. The molecule has 0 saturated carbocycles. The van der Waals surface area contributed by atoms with Crippen LogP contribution in [0.2, 0.25) is 0 Å². The first-order valence-electron chi connectivity index (χ1n) is 4.95. The van der Waals surface area contributed by atoms with Crippen molar-refractivity contribution in [1.82, 2.24) is 5.32 Å². The van der Waals surface area contributed by atoms with Gasteiger partial charge in [-0.3, -0.25) is 0 Å². The third-order valence-electron chi connectivity index (χ3n) is 2.04. The maximum absolute atomic E-state index is 12.6. The lowest BCUT2D eigenvalue weighted by molar-refractivity contribution is -0.263. The predicted molar refractivity (Wildman–Crippen MR) is 48.7 cm³/mol. The molecule has 0 aromatic carbocycles. The van der Waals surface area contributed by atoms with Crippen LogP contribution in [-0.4, -0.2) is 44.2 Å². The molecule has 0 amide bonds. The van der Waals surface area contributed by atoms with Crippen molar-refractivity contribution in [2.24, 2.45) is 0 Å². The van der Waals surface area contributed by atoms with E-state index in [0.717, 1.165) is 0 Å². The highest BCUT2D eigenvalue weighted by Gasteiger charge is 2.47. The number of nitrogens with one attached hydrogen (secondary N) is 1. The Hall–Kier alpha value is -0.330. The van der Waals surface area contributed by atoms with Gasteiger partial charge in [0.1, 0.15) is 6.10 Å². The Morgan fingerprint density at radius 1 is 1.40 bits per heavy atom. The van der Waals surface area contributed by atoms with Crippen molar-refractivity contribution in [2.75, 3.05) is 19.7 Å². The number of ether oxygens (including phenoxy) is 2. The summed E-state index contributed by atoms with van der Waals surface area (Å²) in [5.74, 6) is 0. The molecule has 1 saturated heterocycles. The molecule has 1 fully saturated rings.